The predicted molar refractivity (Wildman–Crippen MR) is 137 cm³/mol. The summed E-state index contributed by atoms with van der Waals surface area (Å²) in [6.45, 7) is 8.94. The minimum Gasteiger partial charge on any atom is -0.481 e. The number of aliphatic hydroxyl groups excluding tert-OH is 1. The largest absolute Gasteiger partial charge is 0.481 e. The van der Waals surface area contributed by atoms with E-state index >= 15 is 0 Å². The molecule has 4 fully saturated rings. The van der Waals surface area contributed by atoms with Crippen LogP contribution in [-0.2, 0) is 19.1 Å². The average molecular weight is 575 g/mol. The van der Waals surface area contributed by atoms with Gasteiger partial charge in [0.2, 0.25) is 11.8 Å². The normalized spacial score (nSPS) is 34.3. The van der Waals surface area contributed by atoms with Gasteiger partial charge in [-0.3, -0.25) is 19.3 Å². The van der Waals surface area contributed by atoms with Gasteiger partial charge >= 0.3 is 5.97 Å². The van der Waals surface area contributed by atoms with Gasteiger partial charge in [0.1, 0.15) is 6.04 Å². The molecule has 0 aromatic heterocycles. The predicted octanol–water partition coefficient (Wildman–Crippen LogP) is 1.05. The van der Waals surface area contributed by atoms with Gasteiger partial charge in [-0.25, -0.2) is 0 Å². The van der Waals surface area contributed by atoms with Gasteiger partial charge in [-0.15, -0.1) is 18.3 Å². The van der Waals surface area contributed by atoms with Crippen molar-refractivity contribution >= 4 is 45.5 Å². The number of thioether (sulfide) groups is 1. The maximum atomic E-state index is 14.2. The molecule has 11 heteroatoms. The fraction of sp³-hybridized carbons (Fsp3) is 0.792. The number of ether oxygens (including phenoxy) is 1. The first kappa shape index (κ1) is 26.9. The van der Waals surface area contributed by atoms with Crippen molar-refractivity contribution in [1.29, 1.82) is 0 Å². The van der Waals surface area contributed by atoms with E-state index in [0.29, 0.717) is 58.7 Å². The van der Waals surface area contributed by atoms with E-state index in [9.17, 15) is 19.5 Å². The van der Waals surface area contributed by atoms with Crippen LogP contribution in [0.25, 0.3) is 0 Å². The highest BCUT2D eigenvalue weighted by Crippen LogP contribution is 2.67. The minimum atomic E-state index is -0.963. The molecule has 9 nitrogen and oxygen atoms in total. The number of likely N-dealkylation sites (tertiary alicyclic amines) is 1. The highest BCUT2D eigenvalue weighted by molar-refractivity contribution is 9.09. The molecule has 4 rings (SSSR count). The molecule has 0 saturated carbocycles. The Hall–Kier alpha value is -1.14. The molecule has 4 heterocycles. The molecule has 2 bridgehead atoms. The highest BCUT2D eigenvalue weighted by Gasteiger charge is 2.75. The molecule has 4 saturated heterocycles. The van der Waals surface area contributed by atoms with Crippen molar-refractivity contribution in [3.63, 3.8) is 0 Å². The number of nitrogens with zero attached hydrogens (tertiary/aromatic N) is 3. The van der Waals surface area contributed by atoms with Crippen LogP contribution in [0.1, 0.15) is 25.7 Å². The zero-order valence-electron chi connectivity index (χ0n) is 20.0. The van der Waals surface area contributed by atoms with Crippen molar-refractivity contribution in [2.45, 2.75) is 46.5 Å². The van der Waals surface area contributed by atoms with Crippen molar-refractivity contribution in [3.8, 4) is 0 Å². The molecule has 0 aromatic carbocycles. The van der Waals surface area contributed by atoms with Gasteiger partial charge in [-0.2, -0.15) is 0 Å². The Balaban J connectivity index is 1.60. The molecule has 35 heavy (non-hydrogen) atoms. The number of aliphatic carboxylic acids is 1. The second-order valence-corrected chi connectivity index (χ2v) is 12.6. The van der Waals surface area contributed by atoms with Crippen LogP contribution < -0.4 is 0 Å². The number of aliphatic hydroxyl groups is 1. The number of rotatable bonds is 12. The maximum absolute atomic E-state index is 14.2. The number of carbonyl (C=O) groups is 3. The van der Waals surface area contributed by atoms with Crippen LogP contribution in [0.5, 0.6) is 0 Å². The summed E-state index contributed by atoms with van der Waals surface area (Å²) in [5, 5.41) is 19.0. The van der Waals surface area contributed by atoms with Crippen molar-refractivity contribution in [2.75, 3.05) is 59.1 Å². The molecular formula is C24H36BrN3O6S. The number of alkyl halides is 1. The van der Waals surface area contributed by atoms with E-state index in [4.69, 9.17) is 9.84 Å². The van der Waals surface area contributed by atoms with E-state index in [1.54, 1.807) is 15.9 Å². The van der Waals surface area contributed by atoms with Crippen LogP contribution in [0.4, 0.5) is 0 Å². The lowest BCUT2D eigenvalue weighted by Crippen LogP contribution is -2.56. The van der Waals surface area contributed by atoms with Gasteiger partial charge < -0.3 is 24.7 Å². The molecule has 0 aromatic rings. The second kappa shape index (κ2) is 11.5. The summed E-state index contributed by atoms with van der Waals surface area (Å²) in [6, 6.07) is -0.696. The average Bonchev–Trinajstić information content (AvgIpc) is 3.43. The summed E-state index contributed by atoms with van der Waals surface area (Å²) in [4.78, 5) is 45.8. The summed E-state index contributed by atoms with van der Waals surface area (Å²) in [5.74, 6) is -2.78. The summed E-state index contributed by atoms with van der Waals surface area (Å²) < 4.78 is 4.68. The van der Waals surface area contributed by atoms with E-state index < -0.39 is 28.6 Å². The van der Waals surface area contributed by atoms with Crippen molar-refractivity contribution in [1.82, 2.24) is 14.7 Å². The Bertz CT molecular complexity index is 827. The van der Waals surface area contributed by atoms with Crippen LogP contribution in [0.2, 0.25) is 0 Å². The molecule has 1 spiro atoms. The number of amides is 2. The van der Waals surface area contributed by atoms with Crippen LogP contribution in [-0.4, -0.2) is 123 Å². The first-order chi connectivity index (χ1) is 16.9. The molecule has 196 valence electrons. The number of unbranched alkanes of at least 4 members (excludes halogenated alkanes) is 2. The number of halogens is 1. The number of fused-ring (bicyclic) bond motifs is 1. The Labute approximate surface area is 219 Å². The maximum Gasteiger partial charge on any atom is 0.308 e. The van der Waals surface area contributed by atoms with E-state index in [0.717, 1.165) is 19.5 Å². The van der Waals surface area contributed by atoms with Gasteiger partial charge in [0.15, 0.2) is 0 Å². The zero-order valence-corrected chi connectivity index (χ0v) is 22.4. The molecule has 4 aliphatic rings. The van der Waals surface area contributed by atoms with Gasteiger partial charge in [0.05, 0.1) is 29.8 Å². The number of carboxylic acids is 1. The van der Waals surface area contributed by atoms with Gasteiger partial charge in [0, 0.05) is 56.0 Å². The monoisotopic (exact) mass is 573 g/mol. The second-order valence-electron chi connectivity index (χ2n) is 9.84. The lowest BCUT2D eigenvalue weighted by Gasteiger charge is -2.38. The minimum absolute atomic E-state index is 0.0523. The first-order valence-corrected chi connectivity index (χ1v) is 14.3. The molecule has 4 aliphatic heterocycles. The number of morpholine rings is 1. The SMILES string of the molecule is C=CCN(CCN1CCOCC1)C(=O)C1N(CCCCCO)C(=O)[C@@H]2[C@H](C(=O)O)[C@H]3SC12CC3Br. The molecule has 6 atom stereocenters. The van der Waals surface area contributed by atoms with E-state index in [1.165, 1.54) is 11.8 Å². The van der Waals surface area contributed by atoms with Crippen LogP contribution >= 0.6 is 27.7 Å². The molecule has 0 radical (unpaired) electrons. The van der Waals surface area contributed by atoms with Gasteiger partial charge in [-0.1, -0.05) is 22.0 Å². The summed E-state index contributed by atoms with van der Waals surface area (Å²) >= 11 is 5.21. The van der Waals surface area contributed by atoms with Crippen LogP contribution in [0.15, 0.2) is 12.7 Å². The lowest BCUT2D eigenvalue weighted by atomic mass is 9.71. The number of hydrogen-bond donors (Lipinski definition) is 2. The summed E-state index contributed by atoms with van der Waals surface area (Å²) in [6.07, 6.45) is 4.34. The number of hydrogen-bond acceptors (Lipinski definition) is 7. The number of carbonyl (C=O) groups excluding carboxylic acids is 2. The standard InChI is InChI=1S/C24H36BrN3O6S/c1-2-6-27(9-8-26-10-13-34-14-11-26)22(31)20-24-15-16(25)19(35-24)17(23(32)33)18(24)21(30)28(20)7-4-3-5-12-29/h2,16-20,29H,1,3-15H2,(H,32,33)/t16?,17-,18-,19-,20?,24?/m0/s1. The molecule has 2 amide bonds. The van der Waals surface area contributed by atoms with Gasteiger partial charge in [0.25, 0.3) is 0 Å². The fourth-order valence-corrected chi connectivity index (χ4v) is 9.81. The third-order valence-corrected chi connectivity index (χ3v) is 11.0. The summed E-state index contributed by atoms with van der Waals surface area (Å²) in [5.41, 5.74) is 0. The van der Waals surface area contributed by atoms with E-state index in [1.807, 2.05) is 0 Å². The van der Waals surface area contributed by atoms with Crippen molar-refractivity contribution in [2.24, 2.45) is 11.8 Å². The third-order valence-electron chi connectivity index (χ3n) is 7.82. The third kappa shape index (κ3) is 5.03. The van der Waals surface area contributed by atoms with Crippen molar-refractivity contribution in [3.05, 3.63) is 12.7 Å². The van der Waals surface area contributed by atoms with Gasteiger partial charge in [-0.05, 0) is 25.7 Å². The zero-order chi connectivity index (χ0) is 25.2. The van der Waals surface area contributed by atoms with Crippen molar-refractivity contribution < 1.29 is 29.3 Å². The Morgan fingerprint density at radius 3 is 2.66 bits per heavy atom. The molecule has 2 N–H and O–H groups in total. The smallest absolute Gasteiger partial charge is 0.308 e. The quantitative estimate of drug-likeness (QED) is 0.202. The highest BCUT2D eigenvalue weighted by atomic mass is 79.9. The van der Waals surface area contributed by atoms with E-state index in [-0.39, 0.29) is 28.5 Å². The Morgan fingerprint density at radius 2 is 2.00 bits per heavy atom. The topological polar surface area (TPSA) is 111 Å². The molecular weight excluding hydrogens is 538 g/mol. The Morgan fingerprint density at radius 1 is 1.26 bits per heavy atom. The molecule has 3 unspecified atom stereocenters. The summed E-state index contributed by atoms with van der Waals surface area (Å²) in [7, 11) is 0. The Kier molecular flexibility index (Phi) is 8.84. The number of carboxylic acid groups (broad SMARTS) is 1. The van der Waals surface area contributed by atoms with Crippen LogP contribution in [0, 0.1) is 11.8 Å². The van der Waals surface area contributed by atoms with Crippen LogP contribution in [0.3, 0.4) is 0 Å². The lowest BCUT2D eigenvalue weighted by molar-refractivity contribution is -0.148. The van der Waals surface area contributed by atoms with E-state index in [2.05, 4.69) is 27.4 Å². The fourth-order valence-electron chi connectivity index (χ4n) is 6.21. The first-order valence-electron chi connectivity index (χ1n) is 12.5. The molecule has 0 aliphatic carbocycles.